The van der Waals surface area contributed by atoms with E-state index in [4.69, 9.17) is 0 Å². The maximum absolute atomic E-state index is 13.2. The first kappa shape index (κ1) is 25.9. The number of carbonyl (C=O) groups is 1. The summed E-state index contributed by atoms with van der Waals surface area (Å²) in [6, 6.07) is 6.19. The molecule has 6 rings (SSSR count). The Bertz CT molecular complexity index is 1400. The van der Waals surface area contributed by atoms with Crippen molar-refractivity contribution in [1.82, 2.24) is 34.9 Å². The largest absolute Gasteiger partial charge is 0.319 e. The van der Waals surface area contributed by atoms with Crippen LogP contribution in [0.3, 0.4) is 0 Å². The molecule has 0 saturated carbocycles. The third-order valence-electron chi connectivity index (χ3n) is 8.16. The number of nitrogens with zero attached hydrogens (tertiary/aromatic N) is 6. The van der Waals surface area contributed by atoms with Gasteiger partial charge in [0, 0.05) is 62.8 Å². The molecule has 2 fully saturated rings. The van der Waals surface area contributed by atoms with Crippen molar-refractivity contribution in [2.45, 2.75) is 44.7 Å². The van der Waals surface area contributed by atoms with Crippen LogP contribution in [0.15, 0.2) is 36.8 Å². The number of hydrogen-bond donors (Lipinski definition) is 2. The summed E-state index contributed by atoms with van der Waals surface area (Å²) in [6.45, 7) is 8.37. The molecule has 39 heavy (non-hydrogen) atoms. The number of carbonyl (C=O) groups excluding carboxylic acids is 1. The Kier molecular flexibility index (Phi) is 7.81. The molecule has 3 aromatic rings. The number of likely N-dealkylation sites (tertiary alicyclic amines) is 1. The van der Waals surface area contributed by atoms with E-state index in [-0.39, 0.29) is 11.8 Å². The number of aromatic nitrogens is 4. The normalized spacial score (nSPS) is 20.6. The number of fused-ring (bicyclic) bond motifs is 1. The van der Waals surface area contributed by atoms with Crippen molar-refractivity contribution >= 4 is 23.7 Å². The Morgan fingerprint density at radius 3 is 2.62 bits per heavy atom. The predicted molar refractivity (Wildman–Crippen MR) is 152 cm³/mol. The summed E-state index contributed by atoms with van der Waals surface area (Å²) >= 11 is 0. The second kappa shape index (κ2) is 11.8. The number of amides is 1. The second-order valence-corrected chi connectivity index (χ2v) is 11.1. The molecule has 9 nitrogen and oxygen atoms in total. The second-order valence-electron chi connectivity index (χ2n) is 11.1. The number of piperazine rings is 1. The van der Waals surface area contributed by atoms with E-state index < -0.39 is 0 Å². The molecule has 1 amide bonds. The lowest BCUT2D eigenvalue weighted by molar-refractivity contribution is 0.102. The van der Waals surface area contributed by atoms with Crippen LogP contribution in [-0.2, 0) is 13.1 Å². The minimum Gasteiger partial charge on any atom is -0.319 e. The number of anilines is 1. The van der Waals surface area contributed by atoms with Crippen LogP contribution in [0.25, 0.3) is 12.2 Å². The van der Waals surface area contributed by atoms with Gasteiger partial charge in [0.2, 0.25) is 0 Å². The van der Waals surface area contributed by atoms with Crippen LogP contribution in [0.5, 0.6) is 0 Å². The van der Waals surface area contributed by atoms with Gasteiger partial charge in [-0.2, -0.15) is 5.10 Å². The van der Waals surface area contributed by atoms with E-state index in [1.165, 1.54) is 43.5 Å². The van der Waals surface area contributed by atoms with E-state index >= 15 is 0 Å². The molecule has 1 aliphatic carbocycles. The smallest absolute Gasteiger partial charge is 0.276 e. The summed E-state index contributed by atoms with van der Waals surface area (Å²) in [7, 11) is 2.16. The number of H-pyrrole nitrogens is 1. The van der Waals surface area contributed by atoms with Gasteiger partial charge in [-0.15, -0.1) is 0 Å². The van der Waals surface area contributed by atoms with Crippen molar-refractivity contribution in [3.8, 4) is 0 Å². The number of hydrogen-bond acceptors (Lipinski definition) is 7. The molecule has 9 heteroatoms. The quantitative estimate of drug-likeness (QED) is 0.486. The lowest BCUT2D eigenvalue weighted by Crippen LogP contribution is -2.44. The highest BCUT2D eigenvalue weighted by molar-refractivity contribution is 6.03. The molecule has 0 radical (unpaired) electrons. The molecule has 2 aliphatic heterocycles. The summed E-state index contributed by atoms with van der Waals surface area (Å²) in [6.07, 6.45) is 14.7. The first-order chi connectivity index (χ1) is 19.1. The summed E-state index contributed by atoms with van der Waals surface area (Å²) in [5.74, 6) is -0.0747. The Morgan fingerprint density at radius 2 is 1.82 bits per heavy atom. The number of piperidine rings is 1. The molecular weight excluding hydrogens is 488 g/mol. The average molecular weight is 527 g/mol. The van der Waals surface area contributed by atoms with E-state index in [1.807, 2.05) is 24.5 Å². The van der Waals surface area contributed by atoms with Crippen molar-refractivity contribution in [3.63, 3.8) is 0 Å². The van der Waals surface area contributed by atoms with Crippen molar-refractivity contribution < 1.29 is 4.79 Å². The van der Waals surface area contributed by atoms with Gasteiger partial charge in [0.15, 0.2) is 5.69 Å². The number of rotatable bonds is 7. The van der Waals surface area contributed by atoms with Crippen LogP contribution in [0.4, 0.5) is 5.69 Å². The molecule has 0 aromatic carbocycles. The highest BCUT2D eigenvalue weighted by Gasteiger charge is 2.20. The van der Waals surface area contributed by atoms with Crippen LogP contribution < -0.4 is 15.9 Å². The Labute approximate surface area is 229 Å². The zero-order valence-electron chi connectivity index (χ0n) is 22.8. The molecule has 0 bridgehead atoms. The van der Waals surface area contributed by atoms with Crippen molar-refractivity contribution in [3.05, 3.63) is 69.9 Å². The van der Waals surface area contributed by atoms with E-state index in [0.717, 1.165) is 62.0 Å². The highest BCUT2D eigenvalue weighted by Crippen LogP contribution is 2.24. The first-order valence-corrected chi connectivity index (χ1v) is 14.2. The molecule has 2 N–H and O–H groups in total. The summed E-state index contributed by atoms with van der Waals surface area (Å²) in [5.41, 5.74) is 4.52. The molecule has 3 aromatic heterocycles. The maximum atomic E-state index is 13.2. The van der Waals surface area contributed by atoms with Crippen LogP contribution in [0.1, 0.15) is 58.9 Å². The molecular formula is C30H38N8O. The lowest BCUT2D eigenvalue weighted by Gasteiger charge is -2.32. The van der Waals surface area contributed by atoms with Gasteiger partial charge in [0.25, 0.3) is 5.91 Å². The van der Waals surface area contributed by atoms with Gasteiger partial charge in [0.1, 0.15) is 0 Å². The Hall–Kier alpha value is -3.40. The van der Waals surface area contributed by atoms with Crippen LogP contribution in [0, 0.1) is 0 Å². The molecule has 1 unspecified atom stereocenters. The third kappa shape index (κ3) is 6.27. The van der Waals surface area contributed by atoms with E-state index in [0.29, 0.717) is 11.4 Å². The molecule has 2 saturated heterocycles. The average Bonchev–Trinajstić information content (AvgIpc) is 3.40. The van der Waals surface area contributed by atoms with Gasteiger partial charge < -0.3 is 10.2 Å². The monoisotopic (exact) mass is 526 g/mol. The fraction of sp³-hybridized carbons (Fsp3) is 0.467. The van der Waals surface area contributed by atoms with Crippen molar-refractivity contribution in [2.24, 2.45) is 0 Å². The number of likely N-dealkylation sites (N-methyl/N-ethyl adjacent to an activating group) is 1. The minimum absolute atomic E-state index is 0.158. The summed E-state index contributed by atoms with van der Waals surface area (Å²) < 4.78 is 0. The maximum Gasteiger partial charge on any atom is 0.276 e. The standard InChI is InChI=1S/C30H38N8O/c1-36-11-13-38(14-12-36)21-26-7-6-25(19-32-26)33-30(39)29-27-16-23(5-8-28(27)34-35-29)24-15-22(17-31-18-24)20-37-9-3-2-4-10-37/h6-8,15-19,23,34H,2-5,9-14,20-21H2,1H3,(H,33,39). The van der Waals surface area contributed by atoms with E-state index in [9.17, 15) is 4.79 Å². The van der Waals surface area contributed by atoms with Crippen LogP contribution >= 0.6 is 0 Å². The van der Waals surface area contributed by atoms with Crippen molar-refractivity contribution in [1.29, 1.82) is 0 Å². The summed E-state index contributed by atoms with van der Waals surface area (Å²) in [4.78, 5) is 29.6. The van der Waals surface area contributed by atoms with Gasteiger partial charge in [0.05, 0.1) is 22.9 Å². The van der Waals surface area contributed by atoms with Crippen LogP contribution in [0.2, 0.25) is 0 Å². The molecule has 3 aliphatic rings. The van der Waals surface area contributed by atoms with Crippen molar-refractivity contribution in [2.75, 3.05) is 51.6 Å². The minimum atomic E-state index is -0.233. The molecule has 1 atom stereocenters. The topological polar surface area (TPSA) is 93.3 Å². The molecule has 5 heterocycles. The molecule has 204 valence electrons. The highest BCUT2D eigenvalue weighted by atomic mass is 16.1. The van der Waals surface area contributed by atoms with E-state index in [1.54, 1.807) is 6.20 Å². The zero-order valence-corrected chi connectivity index (χ0v) is 22.8. The lowest BCUT2D eigenvalue weighted by atomic mass is 9.92. The predicted octanol–water partition coefficient (Wildman–Crippen LogP) is 1.93. The fourth-order valence-electron chi connectivity index (χ4n) is 5.80. The van der Waals surface area contributed by atoms with Gasteiger partial charge in [-0.05, 0) is 62.7 Å². The number of pyridine rings is 2. The number of nitrogens with one attached hydrogen (secondary N) is 2. The molecule has 0 spiro atoms. The SMILES string of the molecule is CN1CCN(Cc2ccc(NC(=O)c3n[nH]c4c3=CC(c3cncc(CN5CCCCC5)c3)CC=4)cn2)CC1. The summed E-state index contributed by atoms with van der Waals surface area (Å²) in [5, 5.41) is 12.1. The van der Waals surface area contributed by atoms with Gasteiger partial charge in [-0.25, -0.2) is 0 Å². The fourth-order valence-corrected chi connectivity index (χ4v) is 5.80. The Balaban J connectivity index is 1.13. The Morgan fingerprint density at radius 1 is 1.00 bits per heavy atom. The third-order valence-corrected chi connectivity index (χ3v) is 8.16. The van der Waals surface area contributed by atoms with Gasteiger partial charge in [-0.1, -0.05) is 24.6 Å². The van der Waals surface area contributed by atoms with Gasteiger partial charge >= 0.3 is 0 Å². The van der Waals surface area contributed by atoms with E-state index in [2.05, 4.69) is 65.4 Å². The zero-order chi connectivity index (χ0) is 26.6. The van der Waals surface area contributed by atoms with Gasteiger partial charge in [-0.3, -0.25) is 29.7 Å². The van der Waals surface area contributed by atoms with Crippen LogP contribution in [-0.4, -0.2) is 87.1 Å². The number of aromatic amines is 1. The first-order valence-electron chi connectivity index (χ1n) is 14.2.